The maximum Gasteiger partial charge on any atom is 0.249 e. The van der Waals surface area contributed by atoms with Gasteiger partial charge >= 0.3 is 0 Å². The van der Waals surface area contributed by atoms with E-state index in [1.165, 1.54) is 16.7 Å². The Morgan fingerprint density at radius 2 is 1.64 bits per heavy atom. The molecule has 42 heavy (non-hydrogen) atoms. The first-order valence-corrected chi connectivity index (χ1v) is 15.0. The Labute approximate surface area is 254 Å². The fourth-order valence-corrected chi connectivity index (χ4v) is 6.21. The molecule has 3 aromatic rings. The number of carbonyl (C=O) groups excluding carboxylic acids is 2. The van der Waals surface area contributed by atoms with Gasteiger partial charge in [-0.3, -0.25) is 9.59 Å². The van der Waals surface area contributed by atoms with Crippen LogP contribution in [0.5, 0.6) is 0 Å². The number of anilines is 1. The van der Waals surface area contributed by atoms with Gasteiger partial charge in [-0.05, 0) is 61.6 Å². The first-order chi connectivity index (χ1) is 20.3. The van der Waals surface area contributed by atoms with Crippen molar-refractivity contribution in [3.8, 4) is 0 Å². The van der Waals surface area contributed by atoms with Gasteiger partial charge in [-0.25, -0.2) is 0 Å². The number of hydrogen-bond donors (Lipinski definition) is 2. The molecule has 8 heteroatoms. The van der Waals surface area contributed by atoms with Gasteiger partial charge in [-0.2, -0.15) is 0 Å². The molecule has 2 amide bonds. The van der Waals surface area contributed by atoms with Crippen LogP contribution < -0.4 is 15.5 Å². The zero-order valence-electron chi connectivity index (χ0n) is 24.5. The Balaban J connectivity index is 0.000000382. The predicted molar refractivity (Wildman–Crippen MR) is 169 cm³/mol. The first kappa shape index (κ1) is 29.7. The summed E-state index contributed by atoms with van der Waals surface area (Å²) < 4.78 is 0. The first-order valence-electron chi connectivity index (χ1n) is 14.6. The molecule has 0 aromatic heterocycles. The van der Waals surface area contributed by atoms with Crippen LogP contribution in [0.15, 0.2) is 91.1 Å². The van der Waals surface area contributed by atoms with Crippen molar-refractivity contribution in [3.63, 3.8) is 0 Å². The standard InChI is InChI=1S/C27H33N5O2.C7H7Cl/c1-20(24-16-21-8-6-7-9-22(21)17-29-24)28-18-25(33)31-14-12-27(13-15-31)26(34)30(2)19-32(27)23-10-4-3-5-11-23;1-6-2-4-7(8)5-3-6/h3-11,24,28-29H,1,12-19H2,2H3;2-5H,1H3/t24-;/m1./s1. The number of amides is 2. The number of rotatable bonds is 5. The monoisotopic (exact) mass is 585 g/mol. The molecule has 0 aliphatic carbocycles. The van der Waals surface area contributed by atoms with Crippen molar-refractivity contribution < 1.29 is 9.59 Å². The number of likely N-dealkylation sites (tertiary alicyclic amines) is 1. The number of para-hydroxylation sites is 1. The van der Waals surface area contributed by atoms with Gasteiger partial charge in [0.15, 0.2) is 0 Å². The fraction of sp³-hybridized carbons (Fsp3) is 0.353. The van der Waals surface area contributed by atoms with Crippen LogP contribution in [-0.2, 0) is 22.6 Å². The molecule has 3 aliphatic heterocycles. The SMILES string of the molecule is C=C(NCC(=O)N1CCC2(CC1)C(=O)N(C)CN2c1ccccc1)[C@H]1Cc2ccccc2CN1.Cc1ccc(Cl)cc1. The molecular formula is C34H40ClN5O2. The number of piperidine rings is 1. The minimum absolute atomic E-state index is 0.0530. The van der Waals surface area contributed by atoms with Crippen LogP contribution in [-0.4, -0.2) is 66.5 Å². The summed E-state index contributed by atoms with van der Waals surface area (Å²) >= 11 is 5.61. The Morgan fingerprint density at radius 1 is 1.00 bits per heavy atom. The lowest BCUT2D eigenvalue weighted by atomic mass is 9.85. The van der Waals surface area contributed by atoms with Crippen LogP contribution >= 0.6 is 11.6 Å². The van der Waals surface area contributed by atoms with E-state index in [1.807, 2.05) is 61.3 Å². The molecule has 0 bridgehead atoms. The van der Waals surface area contributed by atoms with Gasteiger partial charge in [-0.15, -0.1) is 0 Å². The minimum Gasteiger partial charge on any atom is -0.379 e. The number of nitrogens with one attached hydrogen (secondary N) is 2. The molecule has 0 unspecified atom stereocenters. The highest BCUT2D eigenvalue weighted by molar-refractivity contribution is 6.30. The quantitative estimate of drug-likeness (QED) is 0.452. The number of nitrogens with zero attached hydrogens (tertiary/aromatic N) is 3. The van der Waals surface area contributed by atoms with Crippen molar-refractivity contribution in [1.82, 2.24) is 20.4 Å². The molecule has 220 valence electrons. The van der Waals surface area contributed by atoms with Gasteiger partial charge in [0, 0.05) is 43.1 Å². The van der Waals surface area contributed by atoms with E-state index in [2.05, 4.69) is 58.5 Å². The van der Waals surface area contributed by atoms with Gasteiger partial charge < -0.3 is 25.3 Å². The Kier molecular flexibility index (Phi) is 9.19. The molecule has 1 atom stereocenters. The van der Waals surface area contributed by atoms with Crippen LogP contribution in [0, 0.1) is 6.92 Å². The zero-order chi connectivity index (χ0) is 29.7. The lowest BCUT2D eigenvalue weighted by Crippen LogP contribution is -2.58. The van der Waals surface area contributed by atoms with Crippen molar-refractivity contribution in [2.75, 3.05) is 38.3 Å². The second-order valence-electron chi connectivity index (χ2n) is 11.4. The van der Waals surface area contributed by atoms with Crippen molar-refractivity contribution >= 4 is 29.1 Å². The molecule has 2 fully saturated rings. The van der Waals surface area contributed by atoms with Crippen LogP contribution in [0.1, 0.15) is 29.5 Å². The third kappa shape index (κ3) is 6.48. The number of halogens is 1. The highest BCUT2D eigenvalue weighted by atomic mass is 35.5. The van der Waals surface area contributed by atoms with Gasteiger partial charge in [0.2, 0.25) is 11.8 Å². The molecule has 3 aliphatic rings. The van der Waals surface area contributed by atoms with Crippen molar-refractivity contribution in [2.24, 2.45) is 0 Å². The van der Waals surface area contributed by atoms with E-state index in [-0.39, 0.29) is 24.4 Å². The minimum atomic E-state index is -0.566. The molecule has 0 radical (unpaired) electrons. The lowest BCUT2D eigenvalue weighted by Gasteiger charge is -2.43. The summed E-state index contributed by atoms with van der Waals surface area (Å²) in [7, 11) is 1.86. The number of likely N-dealkylation sites (N-methyl/N-ethyl adjacent to an activating group) is 1. The van der Waals surface area contributed by atoms with E-state index >= 15 is 0 Å². The summed E-state index contributed by atoms with van der Waals surface area (Å²) in [6.45, 7) is 8.99. The number of benzene rings is 3. The number of aryl methyl sites for hydroxylation is 1. The van der Waals surface area contributed by atoms with E-state index in [9.17, 15) is 9.59 Å². The van der Waals surface area contributed by atoms with Crippen molar-refractivity contribution in [2.45, 2.75) is 44.3 Å². The molecule has 6 rings (SSSR count). The van der Waals surface area contributed by atoms with E-state index in [0.29, 0.717) is 32.6 Å². The Morgan fingerprint density at radius 3 is 2.31 bits per heavy atom. The van der Waals surface area contributed by atoms with Crippen LogP contribution in [0.3, 0.4) is 0 Å². The molecule has 7 nitrogen and oxygen atoms in total. The van der Waals surface area contributed by atoms with Crippen LogP contribution in [0.2, 0.25) is 5.02 Å². The second kappa shape index (κ2) is 13.0. The van der Waals surface area contributed by atoms with Crippen LogP contribution in [0.4, 0.5) is 5.69 Å². The summed E-state index contributed by atoms with van der Waals surface area (Å²) in [5, 5.41) is 7.57. The summed E-state index contributed by atoms with van der Waals surface area (Å²) in [6.07, 6.45) is 2.14. The topological polar surface area (TPSA) is 67.9 Å². The highest BCUT2D eigenvalue weighted by Crippen LogP contribution is 2.38. The van der Waals surface area contributed by atoms with E-state index < -0.39 is 5.54 Å². The van der Waals surface area contributed by atoms with E-state index in [1.54, 1.807) is 4.90 Å². The van der Waals surface area contributed by atoms with Crippen molar-refractivity contribution in [3.05, 3.63) is 113 Å². The van der Waals surface area contributed by atoms with Crippen LogP contribution in [0.25, 0.3) is 0 Å². The number of hydrogen-bond acceptors (Lipinski definition) is 5. The normalized spacial score (nSPS) is 19.2. The molecule has 3 aromatic carbocycles. The summed E-state index contributed by atoms with van der Waals surface area (Å²) in [6, 6.07) is 26.4. The largest absolute Gasteiger partial charge is 0.379 e. The highest BCUT2D eigenvalue weighted by Gasteiger charge is 2.53. The van der Waals surface area contributed by atoms with E-state index in [0.717, 1.165) is 29.4 Å². The van der Waals surface area contributed by atoms with Crippen molar-refractivity contribution in [1.29, 1.82) is 0 Å². The van der Waals surface area contributed by atoms with E-state index in [4.69, 9.17) is 11.6 Å². The third-order valence-corrected chi connectivity index (χ3v) is 8.86. The average molecular weight is 586 g/mol. The Hall–Kier alpha value is -3.81. The zero-order valence-corrected chi connectivity index (χ0v) is 25.2. The second-order valence-corrected chi connectivity index (χ2v) is 11.8. The number of carbonyl (C=O) groups is 2. The summed E-state index contributed by atoms with van der Waals surface area (Å²) in [5.74, 6) is 0.205. The summed E-state index contributed by atoms with van der Waals surface area (Å²) in [5.41, 5.74) is 5.23. The maximum absolute atomic E-state index is 13.2. The fourth-order valence-electron chi connectivity index (χ4n) is 6.09. The number of fused-ring (bicyclic) bond motifs is 1. The summed E-state index contributed by atoms with van der Waals surface area (Å²) in [4.78, 5) is 32.0. The Bertz CT molecular complexity index is 1380. The van der Waals surface area contributed by atoms with Gasteiger partial charge in [0.05, 0.1) is 19.3 Å². The molecule has 3 heterocycles. The van der Waals surface area contributed by atoms with Gasteiger partial charge in [0.1, 0.15) is 5.54 Å². The molecule has 1 spiro atoms. The molecule has 2 N–H and O–H groups in total. The molecule has 2 saturated heterocycles. The smallest absolute Gasteiger partial charge is 0.249 e. The average Bonchev–Trinajstić information content (AvgIpc) is 3.26. The van der Waals surface area contributed by atoms with Gasteiger partial charge in [-0.1, -0.05) is 78.3 Å². The molecule has 0 saturated carbocycles. The van der Waals surface area contributed by atoms with Gasteiger partial charge in [0.25, 0.3) is 0 Å². The molecular weight excluding hydrogens is 546 g/mol. The maximum atomic E-state index is 13.2. The third-order valence-electron chi connectivity index (χ3n) is 8.61. The lowest BCUT2D eigenvalue weighted by molar-refractivity contribution is -0.137. The predicted octanol–water partition coefficient (Wildman–Crippen LogP) is 4.75.